The molecule has 1 saturated heterocycles. The lowest BCUT2D eigenvalue weighted by molar-refractivity contribution is -0.148. The van der Waals surface area contributed by atoms with Crippen molar-refractivity contribution in [3.8, 4) is 5.75 Å². The van der Waals surface area contributed by atoms with Crippen molar-refractivity contribution in [3.05, 3.63) is 70.3 Å². The molecule has 2 N–H and O–H groups in total. The smallest absolute Gasteiger partial charge is 0.272 e. The van der Waals surface area contributed by atoms with E-state index in [-0.39, 0.29) is 43.1 Å². The molecule has 0 aromatic heterocycles. The first-order valence-electron chi connectivity index (χ1n) is 18.7. The minimum Gasteiger partial charge on any atom is -0.490 e. The van der Waals surface area contributed by atoms with Gasteiger partial charge in [0.25, 0.3) is 11.8 Å². The van der Waals surface area contributed by atoms with Crippen LogP contribution in [0.15, 0.2) is 48.6 Å². The standard InChI is InChI=1S/C39H49ClF2N4O7S/c1-44-15-4-3-7-33(52-17-16-45-23-38(41,42)24-45)30-11-8-27(30)21-46-22-37(14-5-6-26-18-29(40)10-12-31(26)37)25-53-34-13-9-28(19-32(34)46)39(49,20-35(44)47)36(48)43-54(2,50)51/h3,7,9-10,12-13,18-19,27,30,33,49H,4-6,8,11,14-17,20-25H2,1-2H3,(H,43,48)/t27-,30+,33-,37-,39+/m0/s1. The largest absolute Gasteiger partial charge is 0.490 e. The maximum atomic E-state index is 13.7. The number of carbonyl (C=O) groups is 2. The molecule has 54 heavy (non-hydrogen) atoms. The molecule has 294 valence electrons. The number of benzene rings is 2. The monoisotopic (exact) mass is 790 g/mol. The molecule has 2 aliphatic carbocycles. The summed E-state index contributed by atoms with van der Waals surface area (Å²) < 4.78 is 66.5. The maximum Gasteiger partial charge on any atom is 0.272 e. The zero-order valence-electron chi connectivity index (χ0n) is 30.7. The third kappa shape index (κ3) is 8.14. The fraction of sp³-hybridized carbons (Fsp3) is 0.590. The lowest BCUT2D eigenvalue weighted by Gasteiger charge is -2.46. The topological polar surface area (TPSA) is 129 Å². The summed E-state index contributed by atoms with van der Waals surface area (Å²) in [6.45, 7) is 2.00. The molecular weight excluding hydrogens is 742 g/mol. The lowest BCUT2D eigenvalue weighted by atomic mass is 9.68. The van der Waals surface area contributed by atoms with Crippen LogP contribution in [0, 0.1) is 11.8 Å². The minimum absolute atomic E-state index is 0.0689. The van der Waals surface area contributed by atoms with Crippen molar-refractivity contribution < 1.29 is 41.4 Å². The van der Waals surface area contributed by atoms with Gasteiger partial charge in [0.1, 0.15) is 5.75 Å². The fourth-order valence-electron chi connectivity index (χ4n) is 8.86. The zero-order chi connectivity index (χ0) is 38.5. The molecule has 11 nitrogen and oxygen atoms in total. The van der Waals surface area contributed by atoms with Gasteiger partial charge in [0.2, 0.25) is 15.9 Å². The van der Waals surface area contributed by atoms with Crippen LogP contribution in [0.25, 0.3) is 0 Å². The van der Waals surface area contributed by atoms with Crippen molar-refractivity contribution in [3.63, 3.8) is 0 Å². The molecule has 15 heteroatoms. The van der Waals surface area contributed by atoms with Crippen LogP contribution in [-0.4, -0.2) is 113 Å². The first kappa shape index (κ1) is 39.0. The van der Waals surface area contributed by atoms with Gasteiger partial charge in [-0.05, 0) is 91.3 Å². The first-order valence-corrected chi connectivity index (χ1v) is 21.0. The summed E-state index contributed by atoms with van der Waals surface area (Å²) in [7, 11) is -2.52. The summed E-state index contributed by atoms with van der Waals surface area (Å²) in [5.74, 6) is -3.57. The highest BCUT2D eigenvalue weighted by Crippen LogP contribution is 2.48. The third-order valence-electron chi connectivity index (χ3n) is 11.9. The van der Waals surface area contributed by atoms with Crippen LogP contribution in [-0.2, 0) is 41.8 Å². The Balaban J connectivity index is 1.27. The average molecular weight is 791 g/mol. The van der Waals surface area contributed by atoms with E-state index < -0.39 is 45.2 Å². The summed E-state index contributed by atoms with van der Waals surface area (Å²) in [6.07, 6.45) is 8.82. The van der Waals surface area contributed by atoms with Crippen LogP contribution >= 0.6 is 11.6 Å². The first-order chi connectivity index (χ1) is 25.5. The number of aryl methyl sites for hydroxylation is 1. The van der Waals surface area contributed by atoms with Gasteiger partial charge in [-0.1, -0.05) is 35.9 Å². The van der Waals surface area contributed by atoms with Crippen molar-refractivity contribution in [1.82, 2.24) is 14.5 Å². The Kier molecular flexibility index (Phi) is 10.8. The molecular formula is C39H49ClF2N4O7S. The Hall–Kier alpha value is -3.30. The summed E-state index contributed by atoms with van der Waals surface area (Å²) in [6, 6.07) is 10.9. The van der Waals surface area contributed by atoms with Crippen LogP contribution in [0.2, 0.25) is 5.02 Å². The van der Waals surface area contributed by atoms with Gasteiger partial charge in [-0.25, -0.2) is 17.2 Å². The molecule has 2 aromatic carbocycles. The number of sulfonamides is 1. The molecule has 2 bridgehead atoms. The summed E-state index contributed by atoms with van der Waals surface area (Å²) in [4.78, 5) is 32.6. The number of aliphatic hydroxyl groups is 1. The van der Waals surface area contributed by atoms with E-state index in [1.165, 1.54) is 22.1 Å². The highest BCUT2D eigenvalue weighted by molar-refractivity contribution is 7.89. The van der Waals surface area contributed by atoms with Crippen LogP contribution in [0.3, 0.4) is 0 Å². The lowest BCUT2D eigenvalue weighted by Crippen LogP contribution is -2.57. The number of anilines is 1. The number of alkyl halides is 2. The van der Waals surface area contributed by atoms with E-state index in [1.54, 1.807) is 24.1 Å². The number of ether oxygens (including phenoxy) is 2. The van der Waals surface area contributed by atoms with Crippen molar-refractivity contribution >= 4 is 39.1 Å². The molecule has 1 spiro atoms. The van der Waals surface area contributed by atoms with Crippen molar-refractivity contribution in [2.75, 3.05) is 70.7 Å². The SMILES string of the molecule is CN1CCC=C[C@H](OCCN2CC(F)(F)C2)[C@@H]2CC[C@H]2CN2C[C@@]3(CCCc4cc(Cl)ccc43)COc3ccc(cc32)[C@@](O)(C(=O)NS(C)(=O)=O)CC1=O. The highest BCUT2D eigenvalue weighted by atomic mass is 35.5. The fourth-order valence-corrected chi connectivity index (χ4v) is 9.56. The van der Waals surface area contributed by atoms with E-state index in [0.717, 1.165) is 38.4 Å². The predicted molar refractivity (Wildman–Crippen MR) is 200 cm³/mol. The highest BCUT2D eigenvalue weighted by Gasteiger charge is 2.47. The zero-order valence-corrected chi connectivity index (χ0v) is 32.3. The number of nitrogens with one attached hydrogen (secondary N) is 1. The van der Waals surface area contributed by atoms with Crippen molar-refractivity contribution in [2.24, 2.45) is 11.8 Å². The van der Waals surface area contributed by atoms with Crippen LogP contribution < -0.4 is 14.4 Å². The predicted octanol–water partition coefficient (Wildman–Crippen LogP) is 4.25. The molecule has 2 fully saturated rings. The van der Waals surface area contributed by atoms with Gasteiger partial charge in [0.05, 0.1) is 50.8 Å². The van der Waals surface area contributed by atoms with Crippen LogP contribution in [0.5, 0.6) is 5.75 Å². The number of likely N-dealkylation sites (tertiary alicyclic amines) is 1. The minimum atomic E-state index is -4.09. The van der Waals surface area contributed by atoms with E-state index in [4.69, 9.17) is 21.1 Å². The van der Waals surface area contributed by atoms with Gasteiger partial charge in [0, 0.05) is 43.7 Å². The Morgan fingerprint density at radius 1 is 1.15 bits per heavy atom. The summed E-state index contributed by atoms with van der Waals surface area (Å²) >= 11 is 6.45. The molecule has 7 rings (SSSR count). The van der Waals surface area contributed by atoms with Gasteiger partial charge in [-0.3, -0.25) is 19.2 Å². The number of carbonyl (C=O) groups excluding carboxylic acids is 2. The number of hydrogen-bond donors (Lipinski definition) is 2. The Labute approximate surface area is 320 Å². The van der Waals surface area contributed by atoms with E-state index in [1.807, 2.05) is 29.0 Å². The second kappa shape index (κ2) is 15.0. The molecule has 2 amide bonds. The molecule has 0 radical (unpaired) electrons. The van der Waals surface area contributed by atoms with E-state index in [2.05, 4.69) is 11.0 Å². The van der Waals surface area contributed by atoms with Gasteiger partial charge in [-0.15, -0.1) is 0 Å². The van der Waals surface area contributed by atoms with Crippen molar-refractivity contribution in [2.45, 2.75) is 68.0 Å². The second-order valence-electron chi connectivity index (χ2n) is 16.0. The molecule has 1 saturated carbocycles. The van der Waals surface area contributed by atoms with Crippen molar-refractivity contribution in [1.29, 1.82) is 0 Å². The number of nitrogens with zero attached hydrogens (tertiary/aromatic N) is 3. The van der Waals surface area contributed by atoms with E-state index >= 15 is 0 Å². The quantitative estimate of drug-likeness (QED) is 0.413. The van der Waals surface area contributed by atoms with E-state index in [9.17, 15) is 31.9 Å². The molecule has 5 atom stereocenters. The Morgan fingerprint density at radius 2 is 1.94 bits per heavy atom. The number of fused-ring (bicyclic) bond motifs is 4. The number of halogens is 3. The summed E-state index contributed by atoms with van der Waals surface area (Å²) in [5.41, 5.74) is 0.115. The molecule has 3 aliphatic heterocycles. The van der Waals surface area contributed by atoms with Crippen LogP contribution in [0.4, 0.5) is 14.5 Å². The number of amides is 2. The maximum absolute atomic E-state index is 13.7. The Morgan fingerprint density at radius 3 is 2.67 bits per heavy atom. The van der Waals surface area contributed by atoms with Gasteiger partial charge >= 0.3 is 0 Å². The van der Waals surface area contributed by atoms with E-state index in [0.29, 0.717) is 55.7 Å². The number of rotatable bonds is 6. The third-order valence-corrected chi connectivity index (χ3v) is 12.7. The molecule has 3 heterocycles. The summed E-state index contributed by atoms with van der Waals surface area (Å²) in [5, 5.41) is 12.8. The second-order valence-corrected chi connectivity index (χ2v) is 18.1. The molecule has 0 unspecified atom stereocenters. The van der Waals surface area contributed by atoms with Gasteiger partial charge in [-0.2, -0.15) is 0 Å². The Bertz CT molecular complexity index is 1910. The average Bonchev–Trinajstić information content (AvgIpc) is 3.22. The normalized spacial score (nSPS) is 30.0. The number of hydrogen-bond acceptors (Lipinski definition) is 9. The molecule has 5 aliphatic rings. The molecule has 2 aromatic rings. The van der Waals surface area contributed by atoms with Gasteiger partial charge < -0.3 is 24.4 Å². The van der Waals surface area contributed by atoms with Crippen LogP contribution in [0.1, 0.15) is 55.2 Å². The van der Waals surface area contributed by atoms with Gasteiger partial charge in [0.15, 0.2) is 5.60 Å².